The zero-order valence-electron chi connectivity index (χ0n) is 14.7. The molecule has 0 saturated heterocycles. The van der Waals surface area contributed by atoms with Crippen LogP contribution in [0, 0.1) is 0 Å². The Morgan fingerprint density at radius 1 is 1.00 bits per heavy atom. The summed E-state index contributed by atoms with van der Waals surface area (Å²) in [5.74, 6) is -0.132. The minimum Gasteiger partial charge on any atom is -0.493 e. The molecule has 0 radical (unpaired) electrons. The number of thiocarbonyl (C=S) groups is 1. The van der Waals surface area contributed by atoms with E-state index in [1.807, 2.05) is 6.92 Å². The van der Waals surface area contributed by atoms with E-state index in [0.717, 1.165) is 6.42 Å². The van der Waals surface area contributed by atoms with E-state index >= 15 is 0 Å². The second-order valence-electron chi connectivity index (χ2n) is 5.38. The van der Waals surface area contributed by atoms with E-state index < -0.39 is 0 Å². The summed E-state index contributed by atoms with van der Waals surface area (Å²) < 4.78 is 5.59. The first kappa shape index (κ1) is 19.4. The Bertz CT molecular complexity index is 808. The molecule has 0 fully saturated rings. The highest BCUT2D eigenvalue weighted by Crippen LogP contribution is 2.18. The van der Waals surface area contributed by atoms with Crippen LogP contribution in [0.1, 0.15) is 34.1 Å². The number of carbonyl (C=O) groups is 2. The Hall–Kier alpha value is -2.93. The fraction of sp³-hybridized carbons (Fsp3) is 0.211. The summed E-state index contributed by atoms with van der Waals surface area (Å²) in [5, 5.41) is 8.16. The number of amides is 2. The molecule has 2 amide bonds. The van der Waals surface area contributed by atoms with Gasteiger partial charge in [0.1, 0.15) is 5.75 Å². The summed E-state index contributed by atoms with van der Waals surface area (Å²) >= 11 is 5.21. The van der Waals surface area contributed by atoms with Crippen molar-refractivity contribution in [1.82, 2.24) is 10.6 Å². The van der Waals surface area contributed by atoms with Crippen LogP contribution in [0.4, 0.5) is 5.69 Å². The average molecular weight is 371 g/mol. The molecule has 0 heterocycles. The average Bonchev–Trinajstić information content (AvgIpc) is 2.66. The third kappa shape index (κ3) is 5.03. The predicted octanol–water partition coefficient (Wildman–Crippen LogP) is 2.96. The lowest BCUT2D eigenvalue weighted by molar-refractivity contribution is 0.0960. The van der Waals surface area contributed by atoms with E-state index in [1.165, 1.54) is 0 Å². The third-order valence-corrected chi connectivity index (χ3v) is 3.67. The van der Waals surface area contributed by atoms with Crippen molar-refractivity contribution in [3.05, 3.63) is 59.7 Å². The molecule has 0 aromatic heterocycles. The van der Waals surface area contributed by atoms with Gasteiger partial charge in [0.2, 0.25) is 0 Å². The van der Waals surface area contributed by atoms with E-state index in [0.29, 0.717) is 29.2 Å². The van der Waals surface area contributed by atoms with E-state index in [2.05, 4.69) is 16.0 Å². The molecule has 6 nitrogen and oxygen atoms in total. The van der Waals surface area contributed by atoms with Gasteiger partial charge in [-0.2, -0.15) is 0 Å². The highest BCUT2D eigenvalue weighted by Gasteiger charge is 2.15. The molecule has 2 aromatic rings. The van der Waals surface area contributed by atoms with Crippen LogP contribution in [0.2, 0.25) is 0 Å². The fourth-order valence-electron chi connectivity index (χ4n) is 2.24. The van der Waals surface area contributed by atoms with Crippen LogP contribution in [-0.4, -0.2) is 30.6 Å². The van der Waals surface area contributed by atoms with Gasteiger partial charge in [0.05, 0.1) is 23.4 Å². The van der Waals surface area contributed by atoms with Gasteiger partial charge < -0.3 is 15.4 Å². The van der Waals surface area contributed by atoms with Crippen molar-refractivity contribution in [1.29, 1.82) is 0 Å². The number of rotatable bonds is 6. The Morgan fingerprint density at radius 3 is 2.35 bits per heavy atom. The molecule has 0 aliphatic heterocycles. The maximum atomic E-state index is 12.5. The molecule has 7 heteroatoms. The molecule has 0 atom stereocenters. The first-order chi connectivity index (χ1) is 12.6. The van der Waals surface area contributed by atoms with Gasteiger partial charge in [-0.05, 0) is 42.9 Å². The Kier molecular flexibility index (Phi) is 7.11. The van der Waals surface area contributed by atoms with Crippen molar-refractivity contribution < 1.29 is 14.3 Å². The van der Waals surface area contributed by atoms with Crippen LogP contribution in [0.15, 0.2) is 48.5 Å². The molecule has 0 spiro atoms. The first-order valence-electron chi connectivity index (χ1n) is 8.22. The molecular formula is C19H21N3O3S. The standard InChI is InChI=1S/C19H21N3O3S/c1-3-12-25-16-11-7-5-9-14(16)18(24)22-19(26)21-15-10-6-4-8-13(15)17(23)20-2/h4-11H,3,12H2,1-2H3,(H,20,23)(H2,21,22,24,26). The van der Waals surface area contributed by atoms with Gasteiger partial charge in [-0.3, -0.25) is 14.9 Å². The number of anilines is 1. The van der Waals surface area contributed by atoms with Gasteiger partial charge in [-0.1, -0.05) is 31.2 Å². The lowest BCUT2D eigenvalue weighted by Crippen LogP contribution is -2.35. The number of hydrogen-bond acceptors (Lipinski definition) is 4. The monoisotopic (exact) mass is 371 g/mol. The summed E-state index contributed by atoms with van der Waals surface area (Å²) in [7, 11) is 1.55. The maximum absolute atomic E-state index is 12.5. The molecule has 0 saturated carbocycles. The van der Waals surface area contributed by atoms with Gasteiger partial charge in [0.25, 0.3) is 11.8 Å². The Morgan fingerprint density at radius 2 is 1.65 bits per heavy atom. The largest absolute Gasteiger partial charge is 0.493 e. The van der Waals surface area contributed by atoms with E-state index in [4.69, 9.17) is 17.0 Å². The second-order valence-corrected chi connectivity index (χ2v) is 5.79. The van der Waals surface area contributed by atoms with Crippen molar-refractivity contribution in [2.24, 2.45) is 0 Å². The quantitative estimate of drug-likeness (QED) is 0.681. The van der Waals surface area contributed by atoms with Crippen molar-refractivity contribution in [2.45, 2.75) is 13.3 Å². The molecular weight excluding hydrogens is 350 g/mol. The summed E-state index contributed by atoms with van der Waals surface area (Å²) in [6.45, 7) is 2.51. The molecule has 2 aromatic carbocycles. The number of benzene rings is 2. The molecule has 26 heavy (non-hydrogen) atoms. The molecule has 0 unspecified atom stereocenters. The zero-order valence-corrected chi connectivity index (χ0v) is 15.5. The minimum atomic E-state index is -0.383. The number of nitrogens with one attached hydrogen (secondary N) is 3. The topological polar surface area (TPSA) is 79.5 Å². The zero-order chi connectivity index (χ0) is 18.9. The van der Waals surface area contributed by atoms with E-state index in [1.54, 1.807) is 55.6 Å². The molecule has 2 rings (SSSR count). The van der Waals surface area contributed by atoms with E-state index in [-0.39, 0.29) is 16.9 Å². The van der Waals surface area contributed by atoms with Crippen LogP contribution in [0.25, 0.3) is 0 Å². The third-order valence-electron chi connectivity index (χ3n) is 3.47. The number of carbonyl (C=O) groups excluding carboxylic acids is 2. The van der Waals surface area contributed by atoms with Crippen LogP contribution in [0.3, 0.4) is 0 Å². The predicted molar refractivity (Wildman–Crippen MR) is 106 cm³/mol. The summed E-state index contributed by atoms with van der Waals surface area (Å²) in [6.07, 6.45) is 0.839. The van der Waals surface area contributed by atoms with Crippen LogP contribution < -0.4 is 20.7 Å². The van der Waals surface area contributed by atoms with Gasteiger partial charge in [-0.25, -0.2) is 0 Å². The highest BCUT2D eigenvalue weighted by atomic mass is 32.1. The summed E-state index contributed by atoms with van der Waals surface area (Å²) in [4.78, 5) is 24.4. The number of para-hydroxylation sites is 2. The SMILES string of the molecule is CCCOc1ccccc1C(=O)NC(=S)Nc1ccccc1C(=O)NC. The van der Waals surface area contributed by atoms with Crippen molar-refractivity contribution in [3.63, 3.8) is 0 Å². The van der Waals surface area contributed by atoms with Crippen molar-refractivity contribution in [2.75, 3.05) is 19.0 Å². The Labute approximate surface area is 157 Å². The highest BCUT2D eigenvalue weighted by molar-refractivity contribution is 7.80. The lowest BCUT2D eigenvalue weighted by atomic mass is 10.1. The molecule has 136 valence electrons. The smallest absolute Gasteiger partial charge is 0.261 e. The fourth-order valence-corrected chi connectivity index (χ4v) is 2.44. The molecule has 3 N–H and O–H groups in total. The molecule has 0 bridgehead atoms. The maximum Gasteiger partial charge on any atom is 0.261 e. The minimum absolute atomic E-state index is 0.0941. The number of hydrogen-bond donors (Lipinski definition) is 3. The van der Waals surface area contributed by atoms with Crippen LogP contribution in [-0.2, 0) is 0 Å². The number of ether oxygens (including phenoxy) is 1. The van der Waals surface area contributed by atoms with Gasteiger partial charge in [0, 0.05) is 7.05 Å². The summed E-state index contributed by atoms with van der Waals surface area (Å²) in [5.41, 5.74) is 1.33. The van der Waals surface area contributed by atoms with Crippen LogP contribution in [0.5, 0.6) is 5.75 Å². The van der Waals surface area contributed by atoms with E-state index in [9.17, 15) is 9.59 Å². The lowest BCUT2D eigenvalue weighted by Gasteiger charge is -2.14. The van der Waals surface area contributed by atoms with Gasteiger partial charge in [0.15, 0.2) is 5.11 Å². The first-order valence-corrected chi connectivity index (χ1v) is 8.63. The van der Waals surface area contributed by atoms with Crippen molar-refractivity contribution in [3.8, 4) is 5.75 Å². The normalized spacial score (nSPS) is 9.92. The van der Waals surface area contributed by atoms with Crippen LogP contribution >= 0.6 is 12.2 Å². The van der Waals surface area contributed by atoms with Gasteiger partial charge >= 0.3 is 0 Å². The van der Waals surface area contributed by atoms with Gasteiger partial charge in [-0.15, -0.1) is 0 Å². The second kappa shape index (κ2) is 9.53. The molecule has 0 aliphatic rings. The Balaban J connectivity index is 2.09. The summed E-state index contributed by atoms with van der Waals surface area (Å²) in [6, 6.07) is 13.9. The van der Waals surface area contributed by atoms with Crippen molar-refractivity contribution >= 4 is 34.8 Å². The molecule has 0 aliphatic carbocycles.